The zero-order valence-electron chi connectivity index (χ0n) is 84.5. The SMILES string of the molecule is CC(C)OB1OC(C)(C)C(C)(C)O1.CC(C)[Si](C)(c1ccc2c3ccc([Si](C)(C(C)C)C(C)C)cc3n(-c3cc(C(C)(C)CC(C)(C)C)cc(B4OC(C)(C)C(C)(C)O4)c3OC3CCCCO3)c2c1)C(C)C.CC(C)[Si](C)(c1ccc2c3ccc([Si](C)(C(C)C)C(C)C)cc3n(-c3cc(C(C)(C)CC(C)(C)C)ccc3OC3CCCCO3)c2c1)C(C)C. The molecule has 4 saturated heterocycles. The van der Waals surface area contributed by atoms with E-state index in [1.54, 1.807) is 10.4 Å². The summed E-state index contributed by atoms with van der Waals surface area (Å²) in [5, 5.41) is 11.3. The number of hydrogen-bond acceptors (Lipinski definition) is 9. The van der Waals surface area contributed by atoms with Crippen LogP contribution in [0.15, 0.2) is 103 Å². The average molecular weight is 1740 g/mol. The van der Waals surface area contributed by atoms with Crippen molar-refractivity contribution in [2.45, 2.75) is 423 Å². The standard InChI is InChI=1S/C51H80BNO4Si2.C45H69NO2Si2.C9H19BO3/c1-33(2)58(18,34(3)4)38-23-25-40-41-26-24-39(59(19,35(5)6)36(7)8)31-44(41)53(43(40)30-38)45-29-37(49(12,13)32-48(9,10)11)28-42(47(45)55-46-22-20-21-27-54-46)52-56-50(14,15)51(16,17)57-52;1-30(2)49(14,31(3)4)35-20-22-37-38-23-21-36(50(15,32(5)6)33(7)8)28-40(38)46(39(37)27-35)41-26-34(45(12,13)29-44(9,10)11)19-24-42(41)48-43-18-16-17-25-47-43;1-7(2)11-10-12-8(3,4)9(5,6)13-10/h23-26,28-31,33-36,46H,20-22,27,32H2,1-19H3;19-24,26-28,30-33,43H,16-18,25,29H2,1-15H3;7H,1-6H3. The van der Waals surface area contributed by atoms with Gasteiger partial charge in [-0.3, -0.25) is 0 Å². The lowest BCUT2D eigenvalue weighted by Crippen LogP contribution is -2.50. The van der Waals surface area contributed by atoms with Crippen LogP contribution in [0.25, 0.3) is 55.0 Å². The molecule has 6 heterocycles. The van der Waals surface area contributed by atoms with Crippen molar-refractivity contribution in [2.75, 3.05) is 13.2 Å². The van der Waals surface area contributed by atoms with E-state index in [1.807, 2.05) is 41.5 Å². The molecule has 12 rings (SSSR count). The van der Waals surface area contributed by atoms with Gasteiger partial charge in [0.2, 0.25) is 0 Å². The van der Waals surface area contributed by atoms with E-state index in [4.69, 9.17) is 42.2 Å². The van der Waals surface area contributed by atoms with Crippen LogP contribution < -0.4 is 35.7 Å². The minimum absolute atomic E-state index is 0.0104. The van der Waals surface area contributed by atoms with E-state index in [-0.39, 0.29) is 51.5 Å². The van der Waals surface area contributed by atoms with E-state index >= 15 is 0 Å². The molecule has 11 nitrogen and oxygen atoms in total. The van der Waals surface area contributed by atoms with E-state index in [1.165, 1.54) is 65.1 Å². The van der Waals surface area contributed by atoms with Gasteiger partial charge in [0.15, 0.2) is 12.6 Å². The average Bonchev–Trinajstić information content (AvgIpc) is 1.56. The van der Waals surface area contributed by atoms with Crippen LogP contribution in [0.5, 0.6) is 11.5 Å². The van der Waals surface area contributed by atoms with Gasteiger partial charge >= 0.3 is 14.4 Å². The molecule has 2 aromatic heterocycles. The van der Waals surface area contributed by atoms with Crippen molar-refractivity contribution in [3.05, 3.63) is 114 Å². The van der Waals surface area contributed by atoms with E-state index in [0.29, 0.717) is 50.9 Å². The lowest BCUT2D eigenvalue weighted by molar-refractivity contribution is -0.106. The zero-order valence-corrected chi connectivity index (χ0v) is 88.5. The monoisotopic (exact) mass is 1740 g/mol. The fraction of sp³-hybridized carbons (Fsp3) is 0.657. The molecule has 0 aliphatic carbocycles. The summed E-state index contributed by atoms with van der Waals surface area (Å²) in [6, 6.07) is 41.8. The molecule has 4 fully saturated rings. The Morgan fingerprint density at radius 3 is 1.00 bits per heavy atom. The summed E-state index contributed by atoms with van der Waals surface area (Å²) in [7, 11) is -8.61. The first-order valence-corrected chi connectivity index (χ1v) is 58.2. The van der Waals surface area contributed by atoms with Gasteiger partial charge in [0, 0.05) is 46.0 Å². The lowest BCUT2D eigenvalue weighted by Gasteiger charge is -2.37. The Balaban J connectivity index is 0.000000225. The molecule has 0 bridgehead atoms. The molecular formula is C105H168B2N2O9Si4. The Kier molecular flexibility index (Phi) is 29.9. The molecule has 2 unspecified atom stereocenters. The first kappa shape index (κ1) is 99.4. The zero-order chi connectivity index (χ0) is 91.1. The van der Waals surface area contributed by atoms with Crippen LogP contribution in [-0.2, 0) is 43.6 Å². The van der Waals surface area contributed by atoms with Crippen LogP contribution in [0.1, 0.15) is 312 Å². The molecule has 0 saturated carbocycles. The second-order valence-electron chi connectivity index (χ2n) is 47.0. The molecule has 17 heteroatoms. The first-order valence-electron chi connectivity index (χ1n) is 47.6. The van der Waals surface area contributed by atoms with Gasteiger partial charge in [-0.15, -0.1) is 0 Å². The molecule has 674 valence electrons. The maximum atomic E-state index is 7.32. The molecule has 6 aromatic carbocycles. The van der Waals surface area contributed by atoms with E-state index in [0.717, 1.165) is 86.3 Å². The van der Waals surface area contributed by atoms with E-state index in [2.05, 4.69) is 346 Å². The number of fused-ring (bicyclic) bond motifs is 6. The van der Waals surface area contributed by atoms with Gasteiger partial charge in [0.25, 0.3) is 0 Å². The molecule has 0 N–H and O–H groups in total. The summed E-state index contributed by atoms with van der Waals surface area (Å²) in [5.74, 6) is 1.73. The number of aromatic nitrogens is 2. The summed E-state index contributed by atoms with van der Waals surface area (Å²) in [6.07, 6.45) is 7.79. The molecule has 0 amide bonds. The number of hydrogen-bond donors (Lipinski definition) is 0. The molecule has 2 atom stereocenters. The van der Waals surface area contributed by atoms with Crippen LogP contribution in [0.2, 0.25) is 70.5 Å². The number of rotatable bonds is 25. The normalized spacial score (nSPS) is 19.0. The maximum Gasteiger partial charge on any atom is 0.640 e. The van der Waals surface area contributed by atoms with Crippen LogP contribution in [0.3, 0.4) is 0 Å². The quantitative estimate of drug-likeness (QED) is 0.0519. The maximum absolute atomic E-state index is 7.32. The fourth-order valence-corrected chi connectivity index (χ4v) is 34.9. The van der Waals surface area contributed by atoms with Crippen molar-refractivity contribution in [3.63, 3.8) is 0 Å². The van der Waals surface area contributed by atoms with Gasteiger partial charge < -0.3 is 51.4 Å². The predicted octanol–water partition coefficient (Wildman–Crippen LogP) is 27.5. The first-order chi connectivity index (χ1) is 56.1. The van der Waals surface area contributed by atoms with Crippen molar-refractivity contribution in [3.8, 4) is 22.9 Å². The van der Waals surface area contributed by atoms with Gasteiger partial charge in [-0.2, -0.15) is 0 Å². The molecule has 4 aliphatic heterocycles. The Hall–Kier alpha value is -4.76. The second kappa shape index (κ2) is 36.6. The van der Waals surface area contributed by atoms with E-state index < -0.39 is 57.9 Å². The number of ether oxygens (including phenoxy) is 4. The third-order valence-corrected chi connectivity index (χ3v) is 57.0. The van der Waals surface area contributed by atoms with Crippen molar-refractivity contribution in [1.82, 2.24) is 9.13 Å². The van der Waals surface area contributed by atoms with Crippen LogP contribution >= 0.6 is 0 Å². The van der Waals surface area contributed by atoms with Crippen molar-refractivity contribution < 1.29 is 42.2 Å². The number of nitrogens with zero attached hydrogens (tertiary/aromatic N) is 2. The summed E-state index contributed by atoms with van der Waals surface area (Å²) in [4.78, 5) is 0. The van der Waals surface area contributed by atoms with Gasteiger partial charge in [-0.05, 0) is 227 Å². The summed E-state index contributed by atoms with van der Waals surface area (Å²) in [5.41, 5.74) is 14.2. The highest BCUT2D eigenvalue weighted by atomic mass is 28.3. The number of benzene rings is 6. The van der Waals surface area contributed by atoms with Crippen molar-refractivity contribution >= 4 is 117 Å². The van der Waals surface area contributed by atoms with Gasteiger partial charge in [0.05, 0.1) is 101 Å². The Bertz CT molecular complexity index is 4700. The summed E-state index contributed by atoms with van der Waals surface area (Å²) >= 11 is 0. The smallest absolute Gasteiger partial charge is 0.463 e. The fourth-order valence-electron chi connectivity index (χ4n) is 20.7. The second-order valence-corrected chi connectivity index (χ2v) is 68.8. The van der Waals surface area contributed by atoms with Crippen molar-refractivity contribution in [2.24, 2.45) is 10.8 Å². The molecular weight excluding hydrogens is 1570 g/mol. The topological polar surface area (TPSA) is 92.9 Å². The Labute approximate surface area is 747 Å². The highest BCUT2D eigenvalue weighted by Crippen LogP contribution is 2.49. The largest absolute Gasteiger partial charge is 0.640 e. The van der Waals surface area contributed by atoms with Crippen LogP contribution in [0.4, 0.5) is 0 Å². The summed E-state index contributed by atoms with van der Waals surface area (Å²) < 4.78 is 62.7. The minimum atomic E-state index is -1.92. The van der Waals surface area contributed by atoms with Gasteiger partial charge in [0.1, 0.15) is 11.5 Å². The van der Waals surface area contributed by atoms with Crippen LogP contribution in [-0.4, -0.2) is 110 Å². The minimum Gasteiger partial charge on any atom is -0.463 e. The lowest BCUT2D eigenvalue weighted by atomic mass is 9.69. The third-order valence-electron chi connectivity index (χ3n) is 31.6. The molecule has 0 radical (unpaired) electrons. The van der Waals surface area contributed by atoms with Gasteiger partial charge in [-0.25, -0.2) is 0 Å². The Morgan fingerprint density at radius 1 is 0.377 bits per heavy atom. The molecule has 122 heavy (non-hydrogen) atoms. The van der Waals surface area contributed by atoms with Gasteiger partial charge in [-0.1, -0.05) is 288 Å². The molecule has 0 spiro atoms. The Morgan fingerprint density at radius 2 is 0.689 bits per heavy atom. The van der Waals surface area contributed by atoms with Crippen molar-refractivity contribution in [1.29, 1.82) is 0 Å². The van der Waals surface area contributed by atoms with Crippen LogP contribution in [0, 0.1) is 10.8 Å². The molecule has 4 aliphatic rings. The highest BCUT2D eigenvalue weighted by molar-refractivity contribution is 6.94. The predicted molar refractivity (Wildman–Crippen MR) is 538 cm³/mol. The third kappa shape index (κ3) is 20.0. The van der Waals surface area contributed by atoms with E-state index in [9.17, 15) is 0 Å². The summed E-state index contributed by atoms with van der Waals surface area (Å²) in [6.45, 7) is 95.3. The molecule has 8 aromatic rings. The highest BCUT2D eigenvalue weighted by Gasteiger charge is 2.55.